The summed E-state index contributed by atoms with van der Waals surface area (Å²) in [6.07, 6.45) is 1.66. The maximum atomic E-state index is 11.9. The van der Waals surface area contributed by atoms with E-state index >= 15 is 0 Å². The summed E-state index contributed by atoms with van der Waals surface area (Å²) in [6.45, 7) is 6.33. The average molecular weight is 623 g/mol. The number of aryl methyl sites for hydroxylation is 1. The topological polar surface area (TPSA) is 140 Å². The fourth-order valence-corrected chi connectivity index (χ4v) is 6.16. The number of hydrogen-bond acceptors (Lipinski definition) is 7. The summed E-state index contributed by atoms with van der Waals surface area (Å²) in [7, 11) is -3.84. The van der Waals surface area contributed by atoms with Crippen LogP contribution in [0.25, 0.3) is 28.2 Å². The van der Waals surface area contributed by atoms with E-state index in [4.69, 9.17) is 14.9 Å². The molecule has 0 saturated carbocycles. The third kappa shape index (κ3) is 4.93. The maximum absolute atomic E-state index is 11.9. The Hall–Kier alpha value is -3.55. The predicted molar refractivity (Wildman–Crippen MR) is 158 cm³/mol. The molecule has 3 aromatic heterocycles. The molecule has 1 aliphatic heterocycles. The molecular formula is C28H28BrN7O3S. The van der Waals surface area contributed by atoms with Gasteiger partial charge in [0.2, 0.25) is 10.0 Å². The number of fused-ring (bicyclic) bond motifs is 1. The molecular weight excluding hydrogens is 594 g/mol. The Balaban J connectivity index is 1.41. The molecule has 40 heavy (non-hydrogen) atoms. The van der Waals surface area contributed by atoms with Crippen LogP contribution in [0.3, 0.4) is 0 Å². The summed E-state index contributed by atoms with van der Waals surface area (Å²) in [5.74, 6) is 0.679. The number of sulfonamides is 1. The number of nitrogens with two attached hydrogens (primary N) is 1. The van der Waals surface area contributed by atoms with Crippen molar-refractivity contribution in [2.45, 2.75) is 24.8 Å². The van der Waals surface area contributed by atoms with E-state index in [-0.39, 0.29) is 10.9 Å². The lowest BCUT2D eigenvalue weighted by Crippen LogP contribution is -2.35. The fourth-order valence-electron chi connectivity index (χ4n) is 5.20. The van der Waals surface area contributed by atoms with E-state index in [1.165, 1.54) is 17.7 Å². The van der Waals surface area contributed by atoms with Gasteiger partial charge in [0.25, 0.3) is 0 Å². The highest BCUT2D eigenvalue weighted by Gasteiger charge is 2.23. The van der Waals surface area contributed by atoms with Crippen LogP contribution in [0.1, 0.15) is 23.0 Å². The molecule has 0 amide bonds. The van der Waals surface area contributed by atoms with E-state index in [9.17, 15) is 8.42 Å². The zero-order valence-electron chi connectivity index (χ0n) is 21.9. The minimum Gasteiger partial charge on any atom is -0.378 e. The summed E-state index contributed by atoms with van der Waals surface area (Å²) in [4.78, 5) is 12.8. The van der Waals surface area contributed by atoms with Crippen molar-refractivity contribution in [3.05, 3.63) is 82.2 Å². The van der Waals surface area contributed by atoms with Crippen molar-refractivity contribution in [3.8, 4) is 17.1 Å². The lowest BCUT2D eigenvalue weighted by Gasteiger charge is -2.27. The summed E-state index contributed by atoms with van der Waals surface area (Å²) in [5, 5.41) is 12.2. The Morgan fingerprint density at radius 2 is 1.98 bits per heavy atom. The molecule has 1 unspecified atom stereocenters. The van der Waals surface area contributed by atoms with Crippen LogP contribution in [-0.4, -0.2) is 47.7 Å². The number of aromatic amines is 1. The van der Waals surface area contributed by atoms with Gasteiger partial charge in [-0.25, -0.2) is 23.5 Å². The number of halogens is 1. The van der Waals surface area contributed by atoms with Gasteiger partial charge in [0, 0.05) is 35.4 Å². The molecule has 1 saturated heterocycles. The Morgan fingerprint density at radius 1 is 1.15 bits per heavy atom. The molecule has 1 atom stereocenters. The highest BCUT2D eigenvalue weighted by molar-refractivity contribution is 9.10. The third-order valence-corrected chi connectivity index (χ3v) is 8.58. The predicted octanol–water partition coefficient (Wildman–Crippen LogP) is 4.85. The van der Waals surface area contributed by atoms with Crippen LogP contribution in [0.4, 0.5) is 11.4 Å². The van der Waals surface area contributed by atoms with E-state index in [1.54, 1.807) is 18.3 Å². The standard InChI is InChI=1S/C28H28BrN7O3S/c1-16-12-21(17(2)36(16)24-9-4-3-8-20(24)23-15-39-11-10-31-23)27-34-26-25(22(29)14-32-28(26)35-27)33-18-6-5-7-19(13-18)40(30,37)38/h3-9,12-14,23,31H,10-11,15H2,1-2H3,(H2,30,37,38)(H2,32,33,34,35). The average Bonchev–Trinajstić information content (AvgIpc) is 3.50. The van der Waals surface area contributed by atoms with Gasteiger partial charge in [-0.1, -0.05) is 24.3 Å². The Labute approximate surface area is 240 Å². The van der Waals surface area contributed by atoms with Crippen molar-refractivity contribution < 1.29 is 13.2 Å². The Bertz CT molecular complexity index is 1840. The van der Waals surface area contributed by atoms with Gasteiger partial charge < -0.3 is 24.9 Å². The maximum Gasteiger partial charge on any atom is 0.238 e. The highest BCUT2D eigenvalue weighted by Crippen LogP contribution is 2.36. The van der Waals surface area contributed by atoms with Gasteiger partial charge in [-0.3, -0.25) is 0 Å². The molecule has 206 valence electrons. The number of benzene rings is 2. The summed E-state index contributed by atoms with van der Waals surface area (Å²) >= 11 is 3.57. The van der Waals surface area contributed by atoms with Crippen LogP contribution in [0, 0.1) is 13.8 Å². The number of nitrogens with zero attached hydrogens (tertiary/aromatic N) is 3. The summed E-state index contributed by atoms with van der Waals surface area (Å²) < 4.78 is 32.4. The Morgan fingerprint density at radius 3 is 2.75 bits per heavy atom. The molecule has 12 heteroatoms. The number of anilines is 2. The van der Waals surface area contributed by atoms with Crippen LogP contribution in [0.5, 0.6) is 0 Å². The van der Waals surface area contributed by atoms with E-state index in [1.807, 2.05) is 6.07 Å². The van der Waals surface area contributed by atoms with Crippen LogP contribution in [0.2, 0.25) is 0 Å². The summed E-state index contributed by atoms with van der Waals surface area (Å²) in [5.41, 5.74) is 7.79. The fraction of sp³-hybridized carbons (Fsp3) is 0.214. The molecule has 0 radical (unpaired) electrons. The largest absolute Gasteiger partial charge is 0.378 e. The zero-order chi connectivity index (χ0) is 28.0. The van der Waals surface area contributed by atoms with Crippen molar-refractivity contribution in [2.24, 2.45) is 5.14 Å². The SMILES string of the molecule is Cc1cc(-c2nc3ncc(Br)c(Nc4cccc(S(N)(=O)=O)c4)c3[nH]2)c(C)n1-c1ccccc1C1COCCN1. The minimum absolute atomic E-state index is 0.0203. The normalized spacial score (nSPS) is 15.9. The van der Waals surface area contributed by atoms with Crippen LogP contribution in [-0.2, 0) is 14.8 Å². The van der Waals surface area contributed by atoms with Crippen molar-refractivity contribution >= 4 is 48.5 Å². The summed E-state index contributed by atoms with van der Waals surface area (Å²) in [6, 6.07) is 17.0. The number of morpholine rings is 1. The second-order valence-corrected chi connectivity index (χ2v) is 12.1. The molecule has 6 rings (SSSR count). The molecule has 4 heterocycles. The highest BCUT2D eigenvalue weighted by atomic mass is 79.9. The van der Waals surface area contributed by atoms with Crippen molar-refractivity contribution in [1.29, 1.82) is 0 Å². The minimum atomic E-state index is -3.84. The van der Waals surface area contributed by atoms with Gasteiger partial charge in [-0.2, -0.15) is 0 Å². The number of nitrogens with one attached hydrogen (secondary N) is 3. The van der Waals surface area contributed by atoms with E-state index in [2.05, 4.69) is 79.2 Å². The second kappa shape index (κ2) is 10.5. The lowest BCUT2D eigenvalue weighted by molar-refractivity contribution is 0.0768. The smallest absolute Gasteiger partial charge is 0.238 e. The molecule has 5 N–H and O–H groups in total. The molecule has 1 fully saturated rings. The van der Waals surface area contributed by atoms with Gasteiger partial charge in [-0.15, -0.1) is 0 Å². The molecule has 0 spiro atoms. The quantitative estimate of drug-likeness (QED) is 0.212. The lowest BCUT2D eigenvalue weighted by atomic mass is 10.0. The van der Waals surface area contributed by atoms with Gasteiger partial charge in [0.05, 0.1) is 40.0 Å². The number of rotatable bonds is 6. The first-order valence-electron chi connectivity index (χ1n) is 12.7. The number of para-hydroxylation sites is 1. The zero-order valence-corrected chi connectivity index (χ0v) is 24.3. The molecule has 5 aromatic rings. The van der Waals surface area contributed by atoms with Crippen molar-refractivity contribution in [2.75, 3.05) is 25.1 Å². The van der Waals surface area contributed by atoms with Crippen molar-refractivity contribution in [3.63, 3.8) is 0 Å². The molecule has 2 aromatic carbocycles. The number of primary sulfonamides is 1. The number of aromatic nitrogens is 4. The molecule has 0 bridgehead atoms. The third-order valence-electron chi connectivity index (χ3n) is 7.07. The van der Waals surface area contributed by atoms with E-state index < -0.39 is 10.0 Å². The van der Waals surface area contributed by atoms with Crippen molar-refractivity contribution in [1.82, 2.24) is 24.8 Å². The number of ether oxygens (including phenoxy) is 1. The Kier molecular flexibility index (Phi) is 6.97. The first-order valence-corrected chi connectivity index (χ1v) is 15.1. The van der Waals surface area contributed by atoms with Gasteiger partial charge in [0.15, 0.2) is 5.65 Å². The number of pyridine rings is 1. The van der Waals surface area contributed by atoms with E-state index in [0.717, 1.165) is 35.8 Å². The monoisotopic (exact) mass is 621 g/mol. The first kappa shape index (κ1) is 26.7. The molecule has 10 nitrogen and oxygen atoms in total. The number of H-pyrrole nitrogens is 1. The van der Waals surface area contributed by atoms with E-state index in [0.29, 0.717) is 39.4 Å². The second-order valence-electron chi connectivity index (χ2n) is 9.72. The molecule has 0 aliphatic carbocycles. The van der Waals surface area contributed by atoms with Gasteiger partial charge in [-0.05, 0) is 65.7 Å². The van der Waals surface area contributed by atoms with Gasteiger partial charge >= 0.3 is 0 Å². The van der Waals surface area contributed by atoms with Crippen LogP contribution < -0.4 is 15.8 Å². The number of imidazole rings is 1. The first-order chi connectivity index (χ1) is 19.2. The van der Waals surface area contributed by atoms with Crippen LogP contribution >= 0.6 is 15.9 Å². The van der Waals surface area contributed by atoms with Crippen LogP contribution in [0.15, 0.2) is 70.2 Å². The molecule has 1 aliphatic rings. The number of hydrogen-bond donors (Lipinski definition) is 4. The van der Waals surface area contributed by atoms with Gasteiger partial charge in [0.1, 0.15) is 11.3 Å².